The standard InChI is InChI=1S/C10H17N3O/c1-13-7-8(5-12-13)4-11-6-10(14)9-2-3-9/h5,7,9-11,14H,2-4,6H2,1H3. The Morgan fingerprint density at radius 1 is 1.71 bits per heavy atom. The lowest BCUT2D eigenvalue weighted by atomic mass is 10.2. The Morgan fingerprint density at radius 3 is 3.07 bits per heavy atom. The van der Waals surface area contributed by atoms with Gasteiger partial charge in [-0.15, -0.1) is 0 Å². The largest absolute Gasteiger partial charge is 0.392 e. The minimum atomic E-state index is -0.160. The maximum Gasteiger partial charge on any atom is 0.0692 e. The van der Waals surface area contributed by atoms with E-state index in [1.54, 1.807) is 4.68 Å². The van der Waals surface area contributed by atoms with E-state index in [9.17, 15) is 5.11 Å². The molecule has 1 aromatic rings. The zero-order valence-corrected chi connectivity index (χ0v) is 8.48. The van der Waals surface area contributed by atoms with E-state index in [0.717, 1.165) is 12.1 Å². The lowest BCUT2D eigenvalue weighted by Crippen LogP contribution is -2.27. The number of hydrogen-bond acceptors (Lipinski definition) is 3. The molecule has 0 bridgehead atoms. The summed E-state index contributed by atoms with van der Waals surface area (Å²) >= 11 is 0. The van der Waals surface area contributed by atoms with Crippen LogP contribution in [0.15, 0.2) is 12.4 Å². The van der Waals surface area contributed by atoms with Gasteiger partial charge in [-0.3, -0.25) is 4.68 Å². The van der Waals surface area contributed by atoms with Crippen molar-refractivity contribution < 1.29 is 5.11 Å². The topological polar surface area (TPSA) is 50.1 Å². The minimum absolute atomic E-state index is 0.160. The number of nitrogens with one attached hydrogen (secondary N) is 1. The van der Waals surface area contributed by atoms with E-state index < -0.39 is 0 Å². The molecule has 14 heavy (non-hydrogen) atoms. The summed E-state index contributed by atoms with van der Waals surface area (Å²) in [5.74, 6) is 0.552. The molecule has 1 heterocycles. The number of nitrogens with zero attached hydrogens (tertiary/aromatic N) is 2. The van der Waals surface area contributed by atoms with Gasteiger partial charge in [0.25, 0.3) is 0 Å². The average Bonchev–Trinajstić information content (AvgIpc) is 2.92. The molecule has 0 saturated heterocycles. The van der Waals surface area contributed by atoms with E-state index in [2.05, 4.69) is 10.4 Å². The summed E-state index contributed by atoms with van der Waals surface area (Å²) in [7, 11) is 1.91. The second kappa shape index (κ2) is 4.11. The predicted octanol–water partition coefficient (Wildman–Crippen LogP) is 0.281. The van der Waals surface area contributed by atoms with Crippen LogP contribution in [0, 0.1) is 5.92 Å². The van der Waals surface area contributed by atoms with Crippen LogP contribution >= 0.6 is 0 Å². The molecule has 0 aromatic carbocycles. The zero-order chi connectivity index (χ0) is 9.97. The highest BCUT2D eigenvalue weighted by molar-refractivity contribution is 5.02. The maximum absolute atomic E-state index is 9.59. The van der Waals surface area contributed by atoms with Crippen LogP contribution < -0.4 is 5.32 Å². The van der Waals surface area contributed by atoms with Gasteiger partial charge in [-0.25, -0.2) is 0 Å². The van der Waals surface area contributed by atoms with Crippen LogP contribution in [0.2, 0.25) is 0 Å². The Morgan fingerprint density at radius 2 is 2.50 bits per heavy atom. The molecule has 1 aromatic heterocycles. The third kappa shape index (κ3) is 2.56. The maximum atomic E-state index is 9.59. The van der Waals surface area contributed by atoms with Crippen molar-refractivity contribution in [1.82, 2.24) is 15.1 Å². The van der Waals surface area contributed by atoms with Crippen molar-refractivity contribution in [3.8, 4) is 0 Å². The third-order valence-electron chi connectivity index (χ3n) is 2.61. The molecule has 0 spiro atoms. The number of rotatable bonds is 5. The van der Waals surface area contributed by atoms with Crippen LogP contribution in [0.4, 0.5) is 0 Å². The summed E-state index contributed by atoms with van der Waals surface area (Å²) in [6.45, 7) is 1.48. The third-order valence-corrected chi connectivity index (χ3v) is 2.61. The van der Waals surface area contributed by atoms with Crippen LogP contribution in [0.25, 0.3) is 0 Å². The van der Waals surface area contributed by atoms with E-state index >= 15 is 0 Å². The van der Waals surface area contributed by atoms with Crippen LogP contribution in [0.1, 0.15) is 18.4 Å². The van der Waals surface area contributed by atoms with Crippen molar-refractivity contribution in [2.45, 2.75) is 25.5 Å². The molecule has 4 nitrogen and oxygen atoms in total. The van der Waals surface area contributed by atoms with Crippen molar-refractivity contribution in [1.29, 1.82) is 0 Å². The Kier molecular flexibility index (Phi) is 2.84. The van der Waals surface area contributed by atoms with Crippen LogP contribution in [0.3, 0.4) is 0 Å². The van der Waals surface area contributed by atoms with Crippen molar-refractivity contribution >= 4 is 0 Å². The fourth-order valence-electron chi connectivity index (χ4n) is 1.58. The first-order chi connectivity index (χ1) is 6.75. The molecule has 1 saturated carbocycles. The molecule has 78 valence electrons. The van der Waals surface area contributed by atoms with E-state index in [1.165, 1.54) is 12.8 Å². The first-order valence-corrected chi connectivity index (χ1v) is 5.12. The van der Waals surface area contributed by atoms with Crippen molar-refractivity contribution in [2.24, 2.45) is 13.0 Å². The Hall–Kier alpha value is -0.870. The number of aryl methyl sites for hydroxylation is 1. The fraction of sp³-hybridized carbons (Fsp3) is 0.700. The van der Waals surface area contributed by atoms with Crippen LogP contribution in [-0.2, 0) is 13.6 Å². The van der Waals surface area contributed by atoms with Gasteiger partial charge in [0, 0.05) is 31.9 Å². The van der Waals surface area contributed by atoms with Gasteiger partial charge in [-0.1, -0.05) is 0 Å². The van der Waals surface area contributed by atoms with Gasteiger partial charge in [-0.2, -0.15) is 5.10 Å². The fourth-order valence-corrected chi connectivity index (χ4v) is 1.58. The molecular formula is C10H17N3O. The molecule has 1 aliphatic rings. The molecule has 0 radical (unpaired) electrons. The van der Waals surface area contributed by atoms with Crippen molar-refractivity contribution in [2.75, 3.05) is 6.54 Å². The molecule has 2 N–H and O–H groups in total. The zero-order valence-electron chi connectivity index (χ0n) is 8.48. The summed E-state index contributed by atoms with van der Waals surface area (Å²) in [6.07, 6.45) is 6.05. The molecule has 1 fully saturated rings. The first-order valence-electron chi connectivity index (χ1n) is 5.12. The van der Waals surface area contributed by atoms with Crippen LogP contribution in [0.5, 0.6) is 0 Å². The normalized spacial score (nSPS) is 18.4. The molecule has 1 atom stereocenters. The second-order valence-electron chi connectivity index (χ2n) is 4.06. The highest BCUT2D eigenvalue weighted by atomic mass is 16.3. The number of aliphatic hydroxyl groups is 1. The van der Waals surface area contributed by atoms with Gasteiger partial charge in [0.2, 0.25) is 0 Å². The SMILES string of the molecule is Cn1cc(CNCC(O)C2CC2)cn1. The molecular weight excluding hydrogens is 178 g/mol. The lowest BCUT2D eigenvalue weighted by molar-refractivity contribution is 0.148. The predicted molar refractivity (Wildman–Crippen MR) is 53.6 cm³/mol. The number of hydrogen-bond donors (Lipinski definition) is 2. The van der Waals surface area contributed by atoms with Crippen molar-refractivity contribution in [3.63, 3.8) is 0 Å². The minimum Gasteiger partial charge on any atom is -0.392 e. The molecule has 0 aliphatic heterocycles. The van der Waals surface area contributed by atoms with E-state index in [4.69, 9.17) is 0 Å². The smallest absolute Gasteiger partial charge is 0.0692 e. The molecule has 0 amide bonds. The van der Waals surface area contributed by atoms with Gasteiger partial charge in [0.05, 0.1) is 12.3 Å². The number of aromatic nitrogens is 2. The second-order valence-corrected chi connectivity index (χ2v) is 4.06. The van der Waals surface area contributed by atoms with Crippen molar-refractivity contribution in [3.05, 3.63) is 18.0 Å². The lowest BCUT2D eigenvalue weighted by Gasteiger charge is -2.09. The Bertz CT molecular complexity index is 293. The van der Waals surface area contributed by atoms with E-state index in [1.807, 2.05) is 19.4 Å². The van der Waals surface area contributed by atoms with Gasteiger partial charge < -0.3 is 10.4 Å². The number of aliphatic hydroxyl groups excluding tert-OH is 1. The van der Waals surface area contributed by atoms with Gasteiger partial charge in [0.1, 0.15) is 0 Å². The first kappa shape index (κ1) is 9.68. The summed E-state index contributed by atoms with van der Waals surface area (Å²) in [4.78, 5) is 0. The van der Waals surface area contributed by atoms with Gasteiger partial charge in [-0.05, 0) is 18.8 Å². The highest BCUT2D eigenvalue weighted by Crippen LogP contribution is 2.32. The monoisotopic (exact) mass is 195 g/mol. The van der Waals surface area contributed by atoms with Gasteiger partial charge >= 0.3 is 0 Å². The molecule has 1 unspecified atom stereocenters. The average molecular weight is 195 g/mol. The van der Waals surface area contributed by atoms with Gasteiger partial charge in [0.15, 0.2) is 0 Å². The summed E-state index contributed by atoms with van der Waals surface area (Å²) in [5.41, 5.74) is 1.16. The molecule has 2 rings (SSSR count). The van der Waals surface area contributed by atoms with E-state index in [-0.39, 0.29) is 6.10 Å². The molecule has 1 aliphatic carbocycles. The van der Waals surface area contributed by atoms with Crippen LogP contribution in [-0.4, -0.2) is 27.5 Å². The quantitative estimate of drug-likeness (QED) is 0.709. The summed E-state index contributed by atoms with van der Waals surface area (Å²) in [6, 6.07) is 0. The summed E-state index contributed by atoms with van der Waals surface area (Å²) < 4.78 is 1.79. The Labute approximate surface area is 83.9 Å². The Balaban J connectivity index is 1.67. The highest BCUT2D eigenvalue weighted by Gasteiger charge is 2.28. The van der Waals surface area contributed by atoms with E-state index in [0.29, 0.717) is 12.5 Å². The molecule has 4 heteroatoms. The summed E-state index contributed by atoms with van der Waals surface area (Å²) in [5, 5.41) is 16.9.